The van der Waals surface area contributed by atoms with Gasteiger partial charge in [0.2, 0.25) is 13.6 Å². The van der Waals surface area contributed by atoms with E-state index >= 15 is 0 Å². The second-order valence-electron chi connectivity index (χ2n) is 7.03. The minimum atomic E-state index is 0.188. The summed E-state index contributed by atoms with van der Waals surface area (Å²) in [6.07, 6.45) is 1.41. The Morgan fingerprint density at radius 2 is 1.04 bits per heavy atom. The number of rotatable bonds is 5. The molecule has 0 bridgehead atoms. The van der Waals surface area contributed by atoms with E-state index in [0.29, 0.717) is 35.8 Å². The Balaban J connectivity index is 1.46. The molecule has 6 heteroatoms. The highest BCUT2D eigenvalue weighted by Crippen LogP contribution is 2.41. The minimum absolute atomic E-state index is 0.188. The Morgan fingerprint density at radius 3 is 1.42 bits per heavy atom. The summed E-state index contributed by atoms with van der Waals surface area (Å²) in [5.74, 6) is 3.52. The first-order valence-electron chi connectivity index (χ1n) is 8.74. The Kier molecular flexibility index (Phi) is 4.18. The molecule has 2 aromatic rings. The number of phenols is 2. The summed E-state index contributed by atoms with van der Waals surface area (Å²) in [6.45, 7) is 4.65. The van der Waals surface area contributed by atoms with E-state index < -0.39 is 0 Å². The minimum Gasteiger partial charge on any atom is -0.508 e. The van der Waals surface area contributed by atoms with Crippen molar-refractivity contribution in [3.63, 3.8) is 0 Å². The van der Waals surface area contributed by atoms with Crippen LogP contribution in [0.3, 0.4) is 0 Å². The zero-order valence-electron chi connectivity index (χ0n) is 14.8. The summed E-state index contributed by atoms with van der Waals surface area (Å²) >= 11 is 0. The lowest BCUT2D eigenvalue weighted by molar-refractivity contribution is 0.173. The first-order valence-corrected chi connectivity index (χ1v) is 8.74. The predicted octanol–water partition coefficient (Wildman–Crippen LogP) is 3.61. The van der Waals surface area contributed by atoms with Crippen LogP contribution in [0.2, 0.25) is 0 Å². The molecule has 0 radical (unpaired) electrons. The second-order valence-corrected chi connectivity index (χ2v) is 7.03. The molecule has 2 aliphatic rings. The SMILES string of the molecule is C[C@@H](Cc1cc2c(cc1O)OCO2)[C@@H](C)Cc1cc2c(cc1O)OCO2. The van der Waals surface area contributed by atoms with Gasteiger partial charge in [0.25, 0.3) is 0 Å². The van der Waals surface area contributed by atoms with Crippen molar-refractivity contribution in [1.82, 2.24) is 0 Å². The maximum atomic E-state index is 10.2. The third-order valence-corrected chi connectivity index (χ3v) is 5.20. The number of phenolic OH excluding ortho intramolecular Hbond substituents is 2. The molecule has 6 nitrogen and oxygen atoms in total. The van der Waals surface area contributed by atoms with Crippen LogP contribution in [-0.4, -0.2) is 23.8 Å². The Morgan fingerprint density at radius 1 is 0.692 bits per heavy atom. The van der Waals surface area contributed by atoms with Gasteiger partial charge in [-0.2, -0.15) is 0 Å². The summed E-state index contributed by atoms with van der Waals surface area (Å²) in [6, 6.07) is 6.91. The number of hydrogen-bond donors (Lipinski definition) is 2. The van der Waals surface area contributed by atoms with Crippen molar-refractivity contribution < 1.29 is 29.2 Å². The lowest BCUT2D eigenvalue weighted by Crippen LogP contribution is -2.14. The molecule has 138 valence electrons. The van der Waals surface area contributed by atoms with E-state index in [9.17, 15) is 10.2 Å². The van der Waals surface area contributed by atoms with Crippen LogP contribution in [0.15, 0.2) is 24.3 Å². The summed E-state index contributed by atoms with van der Waals surface area (Å²) in [7, 11) is 0. The molecule has 0 aromatic heterocycles. The van der Waals surface area contributed by atoms with Crippen LogP contribution >= 0.6 is 0 Å². The molecular formula is C20H22O6. The maximum Gasteiger partial charge on any atom is 0.231 e. The van der Waals surface area contributed by atoms with E-state index in [2.05, 4.69) is 13.8 Å². The van der Waals surface area contributed by atoms with Gasteiger partial charge in [0.05, 0.1) is 0 Å². The lowest BCUT2D eigenvalue weighted by atomic mass is 9.85. The van der Waals surface area contributed by atoms with Crippen LogP contribution < -0.4 is 18.9 Å². The second kappa shape index (κ2) is 6.52. The van der Waals surface area contributed by atoms with Crippen molar-refractivity contribution >= 4 is 0 Å². The first-order chi connectivity index (χ1) is 12.5. The zero-order chi connectivity index (χ0) is 18.3. The van der Waals surface area contributed by atoms with Crippen molar-refractivity contribution in [3.05, 3.63) is 35.4 Å². The Bertz CT molecular complexity index is 762. The van der Waals surface area contributed by atoms with Crippen LogP contribution in [0, 0.1) is 11.8 Å². The molecule has 2 aromatic carbocycles. The summed E-state index contributed by atoms with van der Waals surface area (Å²) in [5, 5.41) is 20.5. The molecule has 0 fully saturated rings. The zero-order valence-corrected chi connectivity index (χ0v) is 14.8. The molecule has 2 atom stereocenters. The standard InChI is InChI=1S/C20H22O6/c1-11(3-13-5-17-19(7-15(13)21)25-9-23-17)12(2)4-14-6-18-20(8-16(14)22)26-10-24-18/h5-8,11-12,21-22H,3-4,9-10H2,1-2H3/t11-,12-/m0/s1. The van der Waals surface area contributed by atoms with Crippen molar-refractivity contribution in [2.24, 2.45) is 11.8 Å². The highest BCUT2D eigenvalue weighted by Gasteiger charge is 2.23. The monoisotopic (exact) mass is 358 g/mol. The fourth-order valence-corrected chi connectivity index (χ4v) is 3.37. The van der Waals surface area contributed by atoms with Crippen molar-refractivity contribution in [2.75, 3.05) is 13.6 Å². The summed E-state index contributed by atoms with van der Waals surface area (Å²) in [5.41, 5.74) is 1.67. The van der Waals surface area contributed by atoms with E-state index in [0.717, 1.165) is 11.1 Å². The molecule has 0 saturated heterocycles. The van der Waals surface area contributed by atoms with Crippen LogP contribution in [0.4, 0.5) is 0 Å². The van der Waals surface area contributed by atoms with Gasteiger partial charge in [-0.15, -0.1) is 0 Å². The summed E-state index contributed by atoms with van der Waals surface area (Å²) in [4.78, 5) is 0. The molecule has 26 heavy (non-hydrogen) atoms. The average molecular weight is 358 g/mol. The Hall–Kier alpha value is -2.76. The number of fused-ring (bicyclic) bond motifs is 2. The van der Waals surface area contributed by atoms with Gasteiger partial charge >= 0.3 is 0 Å². The molecule has 0 spiro atoms. The molecular weight excluding hydrogens is 336 g/mol. The van der Waals surface area contributed by atoms with Gasteiger partial charge in [-0.3, -0.25) is 0 Å². The van der Waals surface area contributed by atoms with Crippen LogP contribution in [0.25, 0.3) is 0 Å². The third kappa shape index (κ3) is 3.07. The fourth-order valence-electron chi connectivity index (χ4n) is 3.37. The highest BCUT2D eigenvalue weighted by molar-refractivity contribution is 5.52. The quantitative estimate of drug-likeness (QED) is 0.850. The molecule has 0 saturated carbocycles. The van der Waals surface area contributed by atoms with Gasteiger partial charge < -0.3 is 29.2 Å². The van der Waals surface area contributed by atoms with Gasteiger partial charge in [0.15, 0.2) is 23.0 Å². The molecule has 2 N–H and O–H groups in total. The van der Waals surface area contributed by atoms with E-state index in [1.807, 2.05) is 12.1 Å². The van der Waals surface area contributed by atoms with Crippen molar-refractivity contribution in [3.8, 4) is 34.5 Å². The fraction of sp³-hybridized carbons (Fsp3) is 0.400. The smallest absolute Gasteiger partial charge is 0.231 e. The van der Waals surface area contributed by atoms with Gasteiger partial charge in [-0.05, 0) is 47.9 Å². The first kappa shape index (κ1) is 16.7. The maximum absolute atomic E-state index is 10.2. The topological polar surface area (TPSA) is 77.4 Å². The molecule has 2 heterocycles. The average Bonchev–Trinajstić information content (AvgIpc) is 3.23. The normalized spacial score (nSPS) is 16.5. The van der Waals surface area contributed by atoms with E-state index in [1.54, 1.807) is 12.1 Å². The van der Waals surface area contributed by atoms with Crippen LogP contribution in [-0.2, 0) is 12.8 Å². The van der Waals surface area contributed by atoms with Crippen molar-refractivity contribution in [1.29, 1.82) is 0 Å². The molecule has 0 aliphatic carbocycles. The number of benzene rings is 2. The van der Waals surface area contributed by atoms with Gasteiger partial charge in [-0.25, -0.2) is 0 Å². The van der Waals surface area contributed by atoms with Gasteiger partial charge in [0, 0.05) is 12.1 Å². The Labute approximate surface area is 151 Å². The van der Waals surface area contributed by atoms with Crippen LogP contribution in [0.5, 0.6) is 34.5 Å². The molecule has 0 amide bonds. The van der Waals surface area contributed by atoms with Crippen LogP contribution in [0.1, 0.15) is 25.0 Å². The third-order valence-electron chi connectivity index (χ3n) is 5.20. The van der Waals surface area contributed by atoms with Gasteiger partial charge in [-0.1, -0.05) is 13.8 Å². The van der Waals surface area contributed by atoms with Crippen molar-refractivity contribution in [2.45, 2.75) is 26.7 Å². The molecule has 4 rings (SSSR count). The van der Waals surface area contributed by atoms with E-state index in [-0.39, 0.29) is 36.9 Å². The number of ether oxygens (including phenoxy) is 4. The molecule has 0 unspecified atom stereocenters. The lowest BCUT2D eigenvalue weighted by Gasteiger charge is -2.21. The molecule has 2 aliphatic heterocycles. The van der Waals surface area contributed by atoms with E-state index in [1.165, 1.54) is 0 Å². The highest BCUT2D eigenvalue weighted by atomic mass is 16.7. The summed E-state index contributed by atoms with van der Waals surface area (Å²) < 4.78 is 21.4. The number of aromatic hydroxyl groups is 2. The largest absolute Gasteiger partial charge is 0.508 e. The number of hydrogen-bond acceptors (Lipinski definition) is 6. The van der Waals surface area contributed by atoms with E-state index in [4.69, 9.17) is 18.9 Å². The predicted molar refractivity (Wildman–Crippen MR) is 94.2 cm³/mol. The van der Waals surface area contributed by atoms with Gasteiger partial charge in [0.1, 0.15) is 11.5 Å².